The number of benzene rings is 1. The fourth-order valence-corrected chi connectivity index (χ4v) is 3.25. The molecule has 0 amide bonds. The summed E-state index contributed by atoms with van der Waals surface area (Å²) in [6, 6.07) is 8.67. The highest BCUT2D eigenvalue weighted by Gasteiger charge is 2.34. The molecule has 1 saturated carbocycles. The number of rotatable bonds is 2. The normalized spacial score (nSPS) is 23.3. The molecule has 1 aromatic carbocycles. The molecular formula is C15H22N2O. The average molecular weight is 246 g/mol. The summed E-state index contributed by atoms with van der Waals surface area (Å²) in [6.45, 7) is 3.61. The van der Waals surface area contributed by atoms with E-state index in [-0.39, 0.29) is 5.54 Å². The first-order valence-electron chi connectivity index (χ1n) is 7.01. The van der Waals surface area contributed by atoms with Crippen LogP contribution in [-0.4, -0.2) is 26.3 Å². The molecule has 0 spiro atoms. The van der Waals surface area contributed by atoms with Crippen LogP contribution in [0.3, 0.4) is 0 Å². The molecule has 3 heteroatoms. The Morgan fingerprint density at radius 2 is 1.72 bits per heavy atom. The number of ether oxygens (including phenoxy) is 1. The van der Waals surface area contributed by atoms with Crippen molar-refractivity contribution in [3.8, 4) is 0 Å². The third-order valence-electron chi connectivity index (χ3n) is 4.29. The fraction of sp³-hybridized carbons (Fsp3) is 0.600. The molecular weight excluding hydrogens is 224 g/mol. The summed E-state index contributed by atoms with van der Waals surface area (Å²) in [7, 11) is 0. The lowest BCUT2D eigenvalue weighted by atomic mass is 9.87. The summed E-state index contributed by atoms with van der Waals surface area (Å²) < 4.78 is 5.44. The van der Waals surface area contributed by atoms with E-state index in [0.717, 1.165) is 39.1 Å². The quantitative estimate of drug-likeness (QED) is 0.870. The van der Waals surface area contributed by atoms with E-state index >= 15 is 0 Å². The summed E-state index contributed by atoms with van der Waals surface area (Å²) in [5, 5.41) is 0. The van der Waals surface area contributed by atoms with Gasteiger partial charge in [-0.05, 0) is 24.5 Å². The van der Waals surface area contributed by atoms with Gasteiger partial charge in [0, 0.05) is 24.3 Å². The van der Waals surface area contributed by atoms with Crippen LogP contribution in [0.4, 0.5) is 5.69 Å². The van der Waals surface area contributed by atoms with Crippen LogP contribution >= 0.6 is 0 Å². The molecule has 1 aliphatic carbocycles. The standard InChI is InChI=1S/C15H22N2O/c16-15(7-3-4-8-15)13-5-1-2-6-14(13)17-9-11-18-12-10-17/h1-2,5-6H,3-4,7-12,16H2. The monoisotopic (exact) mass is 246 g/mol. The van der Waals surface area contributed by atoms with Gasteiger partial charge in [0.1, 0.15) is 0 Å². The zero-order valence-corrected chi connectivity index (χ0v) is 10.9. The lowest BCUT2D eigenvalue weighted by Crippen LogP contribution is -2.40. The Hall–Kier alpha value is -1.06. The zero-order valence-electron chi connectivity index (χ0n) is 10.9. The van der Waals surface area contributed by atoms with Crippen molar-refractivity contribution in [3.05, 3.63) is 29.8 Å². The smallest absolute Gasteiger partial charge is 0.0642 e. The van der Waals surface area contributed by atoms with Crippen molar-refractivity contribution in [2.45, 2.75) is 31.2 Å². The highest BCUT2D eigenvalue weighted by molar-refractivity contribution is 5.57. The molecule has 0 radical (unpaired) electrons. The first kappa shape index (κ1) is 12.0. The number of nitrogens with two attached hydrogens (primary N) is 1. The summed E-state index contributed by atoms with van der Waals surface area (Å²) in [5.41, 5.74) is 9.19. The number of morpholine rings is 1. The molecule has 3 rings (SSSR count). The highest BCUT2D eigenvalue weighted by Crippen LogP contribution is 2.40. The van der Waals surface area contributed by atoms with Crippen LogP contribution in [0.1, 0.15) is 31.2 Å². The van der Waals surface area contributed by atoms with E-state index in [1.54, 1.807) is 0 Å². The van der Waals surface area contributed by atoms with Crippen molar-refractivity contribution in [1.29, 1.82) is 0 Å². The van der Waals surface area contributed by atoms with Gasteiger partial charge in [-0.25, -0.2) is 0 Å². The minimum Gasteiger partial charge on any atom is -0.378 e. The van der Waals surface area contributed by atoms with Crippen molar-refractivity contribution < 1.29 is 4.74 Å². The molecule has 3 nitrogen and oxygen atoms in total. The number of hydrogen-bond acceptors (Lipinski definition) is 3. The summed E-state index contributed by atoms with van der Waals surface area (Å²) >= 11 is 0. The lowest BCUT2D eigenvalue weighted by molar-refractivity contribution is 0.122. The molecule has 1 saturated heterocycles. The third-order valence-corrected chi connectivity index (χ3v) is 4.29. The molecule has 2 fully saturated rings. The Bertz CT molecular complexity index is 407. The van der Waals surface area contributed by atoms with Crippen molar-refractivity contribution in [2.24, 2.45) is 5.73 Å². The lowest BCUT2D eigenvalue weighted by Gasteiger charge is -2.35. The van der Waals surface area contributed by atoms with Crippen LogP contribution in [0, 0.1) is 0 Å². The molecule has 0 atom stereocenters. The Morgan fingerprint density at radius 3 is 2.44 bits per heavy atom. The number of para-hydroxylation sites is 1. The summed E-state index contributed by atoms with van der Waals surface area (Å²) in [4.78, 5) is 2.42. The Labute approximate surface area is 109 Å². The number of hydrogen-bond donors (Lipinski definition) is 1. The number of anilines is 1. The molecule has 0 bridgehead atoms. The van der Waals surface area contributed by atoms with Gasteiger partial charge in [-0.2, -0.15) is 0 Å². The maximum absolute atomic E-state index is 6.63. The van der Waals surface area contributed by atoms with E-state index < -0.39 is 0 Å². The molecule has 1 aliphatic heterocycles. The number of nitrogens with zero attached hydrogens (tertiary/aromatic N) is 1. The molecule has 18 heavy (non-hydrogen) atoms. The van der Waals surface area contributed by atoms with E-state index in [0.29, 0.717) is 0 Å². The van der Waals surface area contributed by atoms with Gasteiger partial charge in [0.2, 0.25) is 0 Å². The van der Waals surface area contributed by atoms with Crippen LogP contribution in [0.25, 0.3) is 0 Å². The third kappa shape index (κ3) is 2.13. The molecule has 98 valence electrons. The van der Waals surface area contributed by atoms with E-state index in [1.165, 1.54) is 24.1 Å². The largest absolute Gasteiger partial charge is 0.378 e. The van der Waals surface area contributed by atoms with Gasteiger partial charge in [0.15, 0.2) is 0 Å². The van der Waals surface area contributed by atoms with Crippen LogP contribution in [-0.2, 0) is 10.3 Å². The van der Waals surface area contributed by atoms with E-state index in [4.69, 9.17) is 10.5 Å². The topological polar surface area (TPSA) is 38.5 Å². The Balaban J connectivity index is 1.93. The van der Waals surface area contributed by atoms with Crippen LogP contribution in [0.2, 0.25) is 0 Å². The van der Waals surface area contributed by atoms with Crippen molar-refractivity contribution in [3.63, 3.8) is 0 Å². The van der Waals surface area contributed by atoms with E-state index in [2.05, 4.69) is 29.2 Å². The molecule has 0 unspecified atom stereocenters. The van der Waals surface area contributed by atoms with Gasteiger partial charge in [-0.1, -0.05) is 31.0 Å². The minimum absolute atomic E-state index is 0.102. The van der Waals surface area contributed by atoms with Crippen molar-refractivity contribution >= 4 is 5.69 Å². The van der Waals surface area contributed by atoms with E-state index in [1.807, 2.05) is 0 Å². The van der Waals surface area contributed by atoms with Crippen molar-refractivity contribution in [1.82, 2.24) is 0 Å². The molecule has 0 aromatic heterocycles. The van der Waals surface area contributed by atoms with Crippen LogP contribution < -0.4 is 10.6 Å². The Kier molecular flexibility index (Phi) is 3.27. The van der Waals surface area contributed by atoms with Crippen molar-refractivity contribution in [2.75, 3.05) is 31.2 Å². The SMILES string of the molecule is NC1(c2ccccc2N2CCOCC2)CCCC1. The molecule has 1 aromatic rings. The second-order valence-corrected chi connectivity index (χ2v) is 5.48. The van der Waals surface area contributed by atoms with Gasteiger partial charge < -0.3 is 15.4 Å². The Morgan fingerprint density at radius 1 is 1.06 bits per heavy atom. The second-order valence-electron chi connectivity index (χ2n) is 5.48. The molecule has 2 N–H and O–H groups in total. The van der Waals surface area contributed by atoms with Gasteiger partial charge in [0.25, 0.3) is 0 Å². The maximum atomic E-state index is 6.63. The van der Waals surface area contributed by atoms with Gasteiger partial charge in [-0.15, -0.1) is 0 Å². The van der Waals surface area contributed by atoms with Gasteiger partial charge in [0.05, 0.1) is 13.2 Å². The molecule has 2 aliphatic rings. The van der Waals surface area contributed by atoms with Gasteiger partial charge in [-0.3, -0.25) is 0 Å². The van der Waals surface area contributed by atoms with Gasteiger partial charge >= 0.3 is 0 Å². The minimum atomic E-state index is -0.102. The molecule has 1 heterocycles. The first-order valence-corrected chi connectivity index (χ1v) is 7.01. The van der Waals surface area contributed by atoms with E-state index in [9.17, 15) is 0 Å². The summed E-state index contributed by atoms with van der Waals surface area (Å²) in [5.74, 6) is 0. The van der Waals surface area contributed by atoms with Crippen LogP contribution in [0.5, 0.6) is 0 Å². The second kappa shape index (κ2) is 4.90. The predicted octanol–water partition coefficient (Wildman–Crippen LogP) is 2.25. The summed E-state index contributed by atoms with van der Waals surface area (Å²) in [6.07, 6.45) is 4.75. The zero-order chi connectivity index (χ0) is 12.4. The predicted molar refractivity (Wildman–Crippen MR) is 73.8 cm³/mol. The fourth-order valence-electron chi connectivity index (χ4n) is 3.25. The maximum Gasteiger partial charge on any atom is 0.0642 e. The first-order chi connectivity index (χ1) is 8.80. The van der Waals surface area contributed by atoms with Crippen LogP contribution in [0.15, 0.2) is 24.3 Å². The highest BCUT2D eigenvalue weighted by atomic mass is 16.5. The average Bonchev–Trinajstić information content (AvgIpc) is 2.88.